The van der Waals surface area contributed by atoms with Crippen LogP contribution in [0.1, 0.15) is 36.2 Å². The van der Waals surface area contributed by atoms with Crippen molar-refractivity contribution < 1.29 is 9.53 Å². The zero-order chi connectivity index (χ0) is 19.1. The molecule has 1 N–H and O–H groups in total. The molecule has 0 atom stereocenters. The first-order valence-electron chi connectivity index (χ1n) is 9.55. The Morgan fingerprint density at radius 3 is 2.74 bits per heavy atom. The lowest BCUT2D eigenvalue weighted by Crippen LogP contribution is -2.40. The predicted octanol–water partition coefficient (Wildman–Crippen LogP) is 2.81. The number of carbonyl (C=O) groups excluding carboxylic acids is 1. The summed E-state index contributed by atoms with van der Waals surface area (Å²) in [6.07, 6.45) is 3.35. The van der Waals surface area contributed by atoms with Crippen molar-refractivity contribution in [1.29, 1.82) is 0 Å². The number of piperidine rings is 1. The van der Waals surface area contributed by atoms with E-state index in [0.717, 1.165) is 49.7 Å². The van der Waals surface area contributed by atoms with E-state index in [2.05, 4.69) is 45.8 Å². The highest BCUT2D eigenvalue weighted by Gasteiger charge is 2.26. The molecule has 7 heteroatoms. The highest BCUT2D eigenvalue weighted by Crippen LogP contribution is 2.25. The second-order valence-electron chi connectivity index (χ2n) is 7.05. The number of nitrogens with zero attached hydrogens (tertiary/aromatic N) is 3. The third kappa shape index (κ3) is 5.74. The van der Waals surface area contributed by atoms with Crippen LogP contribution in [0, 0.1) is 12.8 Å². The minimum Gasteiger partial charge on any atom is -0.385 e. The maximum Gasteiger partial charge on any atom is 0.223 e. The average molecular weight is 389 g/mol. The predicted molar refractivity (Wildman–Crippen MR) is 108 cm³/mol. The Bertz CT molecular complexity index is 724. The van der Waals surface area contributed by atoms with Gasteiger partial charge in [-0.25, -0.2) is 4.98 Å². The van der Waals surface area contributed by atoms with E-state index in [0.29, 0.717) is 13.2 Å². The Labute approximate surface area is 165 Å². The molecule has 2 aromatic rings. The van der Waals surface area contributed by atoms with Gasteiger partial charge in [-0.3, -0.25) is 4.79 Å². The molecule has 0 radical (unpaired) electrons. The molecule has 1 aliphatic heterocycles. The van der Waals surface area contributed by atoms with E-state index in [1.54, 1.807) is 7.11 Å². The van der Waals surface area contributed by atoms with Gasteiger partial charge in [0.25, 0.3) is 0 Å². The van der Waals surface area contributed by atoms with Gasteiger partial charge in [0, 0.05) is 57.2 Å². The van der Waals surface area contributed by atoms with Gasteiger partial charge in [-0.1, -0.05) is 29.8 Å². The molecule has 0 unspecified atom stereocenters. The molecule has 27 heavy (non-hydrogen) atoms. The van der Waals surface area contributed by atoms with Gasteiger partial charge in [0.15, 0.2) is 0 Å². The number of carbonyl (C=O) groups is 1. The Kier molecular flexibility index (Phi) is 7.18. The molecule has 3 rings (SSSR count). The van der Waals surface area contributed by atoms with Gasteiger partial charge < -0.3 is 15.0 Å². The van der Waals surface area contributed by atoms with Crippen molar-refractivity contribution >= 4 is 22.6 Å². The van der Waals surface area contributed by atoms with Crippen LogP contribution in [0.2, 0.25) is 0 Å². The van der Waals surface area contributed by atoms with Crippen LogP contribution in [0.25, 0.3) is 0 Å². The monoisotopic (exact) mass is 388 g/mol. The van der Waals surface area contributed by atoms with Gasteiger partial charge in [-0.05, 0) is 31.7 Å². The van der Waals surface area contributed by atoms with Crippen molar-refractivity contribution in [3.8, 4) is 0 Å². The number of methoxy groups -OCH3 is 1. The SMILES string of the molecule is COCCCNC(=O)C1CCN(c2nc(Cc3ccc(C)cc3)ns2)CC1. The van der Waals surface area contributed by atoms with Crippen LogP contribution >= 0.6 is 11.5 Å². The van der Waals surface area contributed by atoms with Crippen LogP contribution in [0.4, 0.5) is 5.13 Å². The zero-order valence-corrected chi connectivity index (χ0v) is 16.9. The summed E-state index contributed by atoms with van der Waals surface area (Å²) in [7, 11) is 1.68. The second-order valence-corrected chi connectivity index (χ2v) is 7.78. The third-order valence-electron chi connectivity index (χ3n) is 4.90. The maximum absolute atomic E-state index is 12.2. The van der Waals surface area contributed by atoms with Crippen LogP contribution in [-0.4, -0.2) is 48.6 Å². The fraction of sp³-hybridized carbons (Fsp3) is 0.550. The summed E-state index contributed by atoms with van der Waals surface area (Å²) in [5.41, 5.74) is 2.49. The van der Waals surface area contributed by atoms with Crippen molar-refractivity contribution in [1.82, 2.24) is 14.7 Å². The molecule has 0 spiro atoms. The normalized spacial score (nSPS) is 15.1. The minimum atomic E-state index is 0.101. The number of hydrogen-bond donors (Lipinski definition) is 1. The molecule has 1 saturated heterocycles. The summed E-state index contributed by atoms with van der Waals surface area (Å²) in [5.74, 6) is 1.14. The van der Waals surface area contributed by atoms with E-state index in [9.17, 15) is 4.79 Å². The number of ether oxygens (including phenoxy) is 1. The molecule has 1 fully saturated rings. The Hall–Kier alpha value is -1.99. The lowest BCUT2D eigenvalue weighted by atomic mass is 9.96. The number of aryl methyl sites for hydroxylation is 1. The van der Waals surface area contributed by atoms with E-state index < -0.39 is 0 Å². The highest BCUT2D eigenvalue weighted by atomic mass is 32.1. The molecule has 146 valence electrons. The van der Waals surface area contributed by atoms with E-state index in [1.165, 1.54) is 22.7 Å². The quantitative estimate of drug-likeness (QED) is 0.705. The minimum absolute atomic E-state index is 0.101. The van der Waals surface area contributed by atoms with Gasteiger partial charge in [-0.2, -0.15) is 4.37 Å². The van der Waals surface area contributed by atoms with Gasteiger partial charge in [0.1, 0.15) is 5.82 Å². The molecular formula is C20H28N4O2S. The average Bonchev–Trinajstić information content (AvgIpc) is 3.15. The molecule has 0 saturated carbocycles. The summed E-state index contributed by atoms with van der Waals surface area (Å²) in [6.45, 7) is 5.17. The van der Waals surface area contributed by atoms with E-state index in [-0.39, 0.29) is 11.8 Å². The van der Waals surface area contributed by atoms with Gasteiger partial charge in [-0.15, -0.1) is 0 Å². The number of nitrogens with one attached hydrogen (secondary N) is 1. The third-order valence-corrected chi connectivity index (χ3v) is 5.72. The van der Waals surface area contributed by atoms with Crippen molar-refractivity contribution in [3.63, 3.8) is 0 Å². The first-order chi connectivity index (χ1) is 13.2. The molecule has 0 aliphatic carbocycles. The maximum atomic E-state index is 12.2. The van der Waals surface area contributed by atoms with E-state index in [4.69, 9.17) is 9.72 Å². The lowest BCUT2D eigenvalue weighted by Gasteiger charge is -2.30. The number of aromatic nitrogens is 2. The fourth-order valence-electron chi connectivity index (χ4n) is 3.24. The van der Waals surface area contributed by atoms with Crippen LogP contribution < -0.4 is 10.2 Å². The number of hydrogen-bond acceptors (Lipinski definition) is 6. The summed E-state index contributed by atoms with van der Waals surface area (Å²) in [6, 6.07) is 8.50. The summed E-state index contributed by atoms with van der Waals surface area (Å²) in [5, 5.41) is 3.98. The van der Waals surface area contributed by atoms with Crippen LogP contribution in [0.5, 0.6) is 0 Å². The zero-order valence-electron chi connectivity index (χ0n) is 16.1. The molecule has 1 aliphatic rings. The van der Waals surface area contributed by atoms with Crippen LogP contribution in [0.15, 0.2) is 24.3 Å². The fourth-order valence-corrected chi connectivity index (χ4v) is 3.98. The molecule has 2 heterocycles. The first-order valence-corrected chi connectivity index (χ1v) is 10.3. The van der Waals surface area contributed by atoms with Gasteiger partial charge in [0.2, 0.25) is 11.0 Å². The molecule has 0 bridgehead atoms. The molecular weight excluding hydrogens is 360 g/mol. The number of rotatable bonds is 8. The van der Waals surface area contributed by atoms with Crippen LogP contribution in [-0.2, 0) is 16.0 Å². The lowest BCUT2D eigenvalue weighted by molar-refractivity contribution is -0.125. The first kappa shape index (κ1) is 19.8. The van der Waals surface area contributed by atoms with Crippen molar-refractivity contribution in [2.75, 3.05) is 38.3 Å². The highest BCUT2D eigenvalue weighted by molar-refractivity contribution is 7.09. The summed E-state index contributed by atoms with van der Waals surface area (Å²) < 4.78 is 9.53. The molecule has 1 aromatic heterocycles. The summed E-state index contributed by atoms with van der Waals surface area (Å²) >= 11 is 1.46. The Morgan fingerprint density at radius 1 is 1.30 bits per heavy atom. The van der Waals surface area contributed by atoms with Crippen molar-refractivity contribution in [2.45, 2.75) is 32.6 Å². The Morgan fingerprint density at radius 2 is 2.04 bits per heavy atom. The van der Waals surface area contributed by atoms with Crippen molar-refractivity contribution in [3.05, 3.63) is 41.2 Å². The topological polar surface area (TPSA) is 67.3 Å². The largest absolute Gasteiger partial charge is 0.385 e. The van der Waals surface area contributed by atoms with Crippen molar-refractivity contribution in [2.24, 2.45) is 5.92 Å². The van der Waals surface area contributed by atoms with Crippen LogP contribution in [0.3, 0.4) is 0 Å². The smallest absolute Gasteiger partial charge is 0.223 e. The number of benzene rings is 1. The standard InChI is InChI=1S/C20H28N4O2S/c1-15-4-6-16(7-5-15)14-18-22-20(27-23-18)24-11-8-17(9-12-24)19(25)21-10-3-13-26-2/h4-7,17H,3,8-14H2,1-2H3,(H,21,25). The Balaban J connectivity index is 1.46. The molecule has 1 amide bonds. The number of anilines is 1. The van der Waals surface area contributed by atoms with Gasteiger partial charge in [0.05, 0.1) is 0 Å². The van der Waals surface area contributed by atoms with E-state index in [1.807, 2.05) is 0 Å². The molecule has 1 aromatic carbocycles. The second kappa shape index (κ2) is 9.80. The van der Waals surface area contributed by atoms with Gasteiger partial charge >= 0.3 is 0 Å². The molecule has 6 nitrogen and oxygen atoms in total. The summed E-state index contributed by atoms with van der Waals surface area (Å²) in [4.78, 5) is 19.2. The van der Waals surface area contributed by atoms with E-state index >= 15 is 0 Å². The number of amides is 1.